The van der Waals surface area contributed by atoms with Gasteiger partial charge in [-0.1, -0.05) is 0 Å². The minimum absolute atomic E-state index is 0.454. The van der Waals surface area contributed by atoms with Crippen LogP contribution in [0.3, 0.4) is 0 Å². The molecule has 0 aromatic carbocycles. The first-order chi connectivity index (χ1) is 3.29. The van der Waals surface area contributed by atoms with E-state index < -0.39 is 0 Å². The Labute approximate surface area is 56.4 Å². The van der Waals surface area contributed by atoms with E-state index >= 15 is 0 Å². The van der Waals surface area contributed by atoms with Crippen molar-refractivity contribution in [2.24, 2.45) is 0 Å². The fourth-order valence-electron chi connectivity index (χ4n) is 0.780. The first-order valence-corrected chi connectivity index (χ1v) is 3.81. The number of hydrogen-bond acceptors (Lipinski definition) is 1. The molecule has 0 aromatic rings. The molecule has 1 unspecified atom stereocenters. The van der Waals surface area contributed by atoms with Crippen molar-refractivity contribution in [3.63, 3.8) is 0 Å². The zero-order valence-corrected chi connectivity index (χ0v) is 6.35. The standard InChI is InChI=1S/C5H7OTe/c6-4-1-2-5(7)3-4/h5H,1-3H2. The maximum atomic E-state index is 10.5. The van der Waals surface area contributed by atoms with E-state index in [4.69, 9.17) is 0 Å². The monoisotopic (exact) mass is 213 g/mol. The van der Waals surface area contributed by atoms with Crippen molar-refractivity contribution >= 4 is 28.1 Å². The summed E-state index contributed by atoms with van der Waals surface area (Å²) < 4.78 is 0.684. The van der Waals surface area contributed by atoms with Crippen LogP contribution in [0.1, 0.15) is 19.3 Å². The molecule has 0 spiro atoms. The normalized spacial score (nSPS) is 31.6. The van der Waals surface area contributed by atoms with Crippen molar-refractivity contribution in [1.29, 1.82) is 0 Å². The van der Waals surface area contributed by atoms with E-state index in [1.807, 2.05) is 0 Å². The van der Waals surface area contributed by atoms with Gasteiger partial charge in [0.2, 0.25) is 0 Å². The third kappa shape index (κ3) is 1.44. The van der Waals surface area contributed by atoms with Gasteiger partial charge in [0.15, 0.2) is 0 Å². The van der Waals surface area contributed by atoms with Crippen LogP contribution in [0.5, 0.6) is 0 Å². The summed E-state index contributed by atoms with van der Waals surface area (Å²) in [5.74, 6) is 0.454. The van der Waals surface area contributed by atoms with E-state index in [-0.39, 0.29) is 0 Å². The van der Waals surface area contributed by atoms with Gasteiger partial charge in [0.1, 0.15) is 0 Å². The van der Waals surface area contributed by atoms with Crippen LogP contribution in [-0.2, 0) is 4.79 Å². The first kappa shape index (κ1) is 5.59. The molecular formula is C5H7OTe. The van der Waals surface area contributed by atoms with Gasteiger partial charge in [0, 0.05) is 0 Å². The molecule has 0 heterocycles. The third-order valence-electron chi connectivity index (χ3n) is 1.20. The van der Waals surface area contributed by atoms with E-state index in [0.717, 1.165) is 19.3 Å². The van der Waals surface area contributed by atoms with Crippen LogP contribution in [0.25, 0.3) is 0 Å². The molecule has 0 N–H and O–H groups in total. The van der Waals surface area contributed by atoms with E-state index in [1.165, 1.54) is 0 Å². The Kier molecular flexibility index (Phi) is 1.72. The molecule has 7 heavy (non-hydrogen) atoms. The number of ketones is 1. The van der Waals surface area contributed by atoms with Gasteiger partial charge in [0.05, 0.1) is 0 Å². The van der Waals surface area contributed by atoms with Crippen LogP contribution in [0.2, 0.25) is 3.97 Å². The van der Waals surface area contributed by atoms with Gasteiger partial charge in [-0.2, -0.15) is 0 Å². The SMILES string of the molecule is O=C1CCC([Te])C1. The number of hydrogen-bond donors (Lipinski definition) is 0. The van der Waals surface area contributed by atoms with Gasteiger partial charge in [-0.05, 0) is 0 Å². The summed E-state index contributed by atoms with van der Waals surface area (Å²) in [5, 5.41) is 0. The maximum absolute atomic E-state index is 10.5. The van der Waals surface area contributed by atoms with Gasteiger partial charge in [-0.25, -0.2) is 0 Å². The summed E-state index contributed by atoms with van der Waals surface area (Å²) in [6.45, 7) is 0. The molecule has 1 radical (unpaired) electrons. The molecule has 1 saturated carbocycles. The summed E-state index contributed by atoms with van der Waals surface area (Å²) in [4.78, 5) is 10.5. The first-order valence-electron chi connectivity index (χ1n) is 2.46. The van der Waals surface area contributed by atoms with Crippen molar-refractivity contribution in [3.8, 4) is 0 Å². The summed E-state index contributed by atoms with van der Waals surface area (Å²) in [7, 11) is 0. The van der Waals surface area contributed by atoms with Crippen LogP contribution in [0.15, 0.2) is 0 Å². The molecule has 0 aromatic heterocycles. The van der Waals surface area contributed by atoms with Crippen LogP contribution in [-0.4, -0.2) is 28.1 Å². The molecule has 1 rings (SSSR count). The van der Waals surface area contributed by atoms with Crippen molar-refractivity contribution < 1.29 is 4.79 Å². The minimum atomic E-state index is 0.454. The average Bonchev–Trinajstić information content (AvgIpc) is 1.87. The van der Waals surface area contributed by atoms with Crippen LogP contribution in [0.4, 0.5) is 0 Å². The Hall–Kier alpha value is 0.460. The zero-order chi connectivity index (χ0) is 5.28. The van der Waals surface area contributed by atoms with E-state index in [9.17, 15) is 4.79 Å². The second-order valence-electron chi connectivity index (χ2n) is 1.90. The molecule has 1 aliphatic rings. The third-order valence-corrected chi connectivity index (χ3v) is 2.35. The molecule has 0 bridgehead atoms. The summed E-state index contributed by atoms with van der Waals surface area (Å²) in [5.41, 5.74) is 0. The second-order valence-corrected chi connectivity index (χ2v) is 3.81. The quantitative estimate of drug-likeness (QED) is 0.538. The van der Waals surface area contributed by atoms with Gasteiger partial charge in [-0.15, -0.1) is 0 Å². The molecule has 1 atom stereocenters. The fourth-order valence-corrected chi connectivity index (χ4v) is 1.65. The zero-order valence-electron chi connectivity index (χ0n) is 4.02. The number of carbonyl (C=O) groups excluding carboxylic acids is 1. The van der Waals surface area contributed by atoms with Gasteiger partial charge < -0.3 is 0 Å². The van der Waals surface area contributed by atoms with E-state index in [1.54, 1.807) is 0 Å². The number of carbonyl (C=O) groups is 1. The van der Waals surface area contributed by atoms with Crippen molar-refractivity contribution in [1.82, 2.24) is 0 Å². The van der Waals surface area contributed by atoms with Crippen molar-refractivity contribution in [3.05, 3.63) is 0 Å². The van der Waals surface area contributed by atoms with Crippen molar-refractivity contribution in [2.45, 2.75) is 23.2 Å². The van der Waals surface area contributed by atoms with Gasteiger partial charge >= 0.3 is 56.1 Å². The van der Waals surface area contributed by atoms with Gasteiger partial charge in [-0.3, -0.25) is 0 Å². The molecular weight excluding hydrogens is 204 g/mol. The molecule has 0 amide bonds. The summed E-state index contributed by atoms with van der Waals surface area (Å²) >= 11 is 2.06. The average molecular weight is 211 g/mol. The van der Waals surface area contributed by atoms with Crippen molar-refractivity contribution in [2.75, 3.05) is 0 Å². The Balaban J connectivity index is 2.40. The second kappa shape index (κ2) is 2.15. The van der Waals surface area contributed by atoms with Crippen LogP contribution < -0.4 is 0 Å². The Morgan fingerprint density at radius 1 is 1.71 bits per heavy atom. The predicted octanol–water partition coefficient (Wildman–Crippen LogP) is 0.696. The molecule has 0 aliphatic heterocycles. The van der Waals surface area contributed by atoms with E-state index in [0.29, 0.717) is 9.75 Å². The Morgan fingerprint density at radius 2 is 2.43 bits per heavy atom. The molecule has 2 heteroatoms. The van der Waals surface area contributed by atoms with Crippen LogP contribution in [0, 0.1) is 0 Å². The van der Waals surface area contributed by atoms with Crippen LogP contribution >= 0.6 is 0 Å². The summed E-state index contributed by atoms with van der Waals surface area (Å²) in [6.07, 6.45) is 2.80. The molecule has 1 aliphatic carbocycles. The summed E-state index contributed by atoms with van der Waals surface area (Å²) in [6, 6.07) is 0. The molecule has 1 nitrogen and oxygen atoms in total. The van der Waals surface area contributed by atoms with E-state index in [2.05, 4.69) is 22.3 Å². The molecule has 1 fully saturated rings. The molecule has 39 valence electrons. The number of rotatable bonds is 0. The fraction of sp³-hybridized carbons (Fsp3) is 0.800. The van der Waals surface area contributed by atoms with Gasteiger partial charge in [0.25, 0.3) is 0 Å². The Bertz CT molecular complexity index is 90.1. The predicted molar refractivity (Wildman–Crippen MR) is 28.4 cm³/mol. The molecule has 0 saturated heterocycles. The number of Topliss-reactive ketones (excluding diaryl/α,β-unsaturated/α-hetero) is 1. The topological polar surface area (TPSA) is 17.1 Å². The Morgan fingerprint density at radius 3 is 2.57 bits per heavy atom.